The normalized spacial score (nSPS) is 21.6. The Labute approximate surface area is 162 Å². The van der Waals surface area contributed by atoms with Crippen molar-refractivity contribution in [2.75, 3.05) is 14.2 Å². The van der Waals surface area contributed by atoms with E-state index in [2.05, 4.69) is 64.3 Å². The van der Waals surface area contributed by atoms with Crippen molar-refractivity contribution < 1.29 is 14.0 Å². The standard InChI is InChI=1S/C23H29N2O2/c1-26-20-11-7-18(8-12-20)15-24-17-25(23-6-4-3-5-22(23)24)16-19-9-13-21(27-2)14-10-19/h7-14,17,22-23H,3-6,15-16H2,1-2H3/q+1. The Morgan fingerprint density at radius 2 is 1.44 bits per heavy atom. The molecule has 0 saturated heterocycles. The molecule has 0 amide bonds. The Morgan fingerprint density at radius 1 is 0.852 bits per heavy atom. The highest BCUT2D eigenvalue weighted by molar-refractivity contribution is 5.52. The summed E-state index contributed by atoms with van der Waals surface area (Å²) >= 11 is 0. The van der Waals surface area contributed by atoms with Crippen molar-refractivity contribution in [2.24, 2.45) is 0 Å². The number of rotatable bonds is 6. The van der Waals surface area contributed by atoms with Gasteiger partial charge in [-0.05, 0) is 61.1 Å². The van der Waals surface area contributed by atoms with Gasteiger partial charge in [0.1, 0.15) is 36.7 Å². The second-order valence-corrected chi connectivity index (χ2v) is 7.58. The molecule has 1 heterocycles. The molecule has 2 unspecified atom stereocenters. The zero-order chi connectivity index (χ0) is 18.6. The molecule has 1 saturated carbocycles. The molecule has 27 heavy (non-hydrogen) atoms. The molecule has 142 valence electrons. The predicted octanol–water partition coefficient (Wildman–Crippen LogP) is 4.07. The fourth-order valence-corrected chi connectivity index (χ4v) is 4.43. The van der Waals surface area contributed by atoms with E-state index in [0.29, 0.717) is 12.1 Å². The van der Waals surface area contributed by atoms with Crippen molar-refractivity contribution in [3.8, 4) is 11.5 Å². The molecule has 0 radical (unpaired) electrons. The highest BCUT2D eigenvalue weighted by Crippen LogP contribution is 2.30. The Hall–Kier alpha value is -2.49. The molecule has 4 nitrogen and oxygen atoms in total. The van der Waals surface area contributed by atoms with Gasteiger partial charge < -0.3 is 9.47 Å². The summed E-state index contributed by atoms with van der Waals surface area (Å²) in [6.07, 6.45) is 7.62. The number of ether oxygens (including phenoxy) is 2. The maximum absolute atomic E-state index is 5.29. The number of hydrogen-bond donors (Lipinski definition) is 0. The van der Waals surface area contributed by atoms with E-state index in [1.807, 2.05) is 0 Å². The van der Waals surface area contributed by atoms with Gasteiger partial charge in [-0.15, -0.1) is 0 Å². The van der Waals surface area contributed by atoms with Crippen molar-refractivity contribution in [2.45, 2.75) is 50.9 Å². The van der Waals surface area contributed by atoms with Gasteiger partial charge in [-0.2, -0.15) is 0 Å². The van der Waals surface area contributed by atoms with Crippen LogP contribution in [0.15, 0.2) is 48.5 Å². The van der Waals surface area contributed by atoms with Crippen LogP contribution in [-0.2, 0) is 13.1 Å². The largest absolute Gasteiger partial charge is 0.497 e. The minimum atomic E-state index is 0.624. The van der Waals surface area contributed by atoms with Crippen LogP contribution in [0, 0.1) is 0 Å². The molecule has 0 spiro atoms. The molecule has 2 aromatic rings. The third-order valence-electron chi connectivity index (χ3n) is 5.89. The molecule has 1 aliphatic heterocycles. The van der Waals surface area contributed by atoms with Crippen molar-refractivity contribution in [3.63, 3.8) is 0 Å². The zero-order valence-electron chi connectivity index (χ0n) is 16.3. The smallest absolute Gasteiger partial charge is 0.235 e. The van der Waals surface area contributed by atoms with Gasteiger partial charge in [0.05, 0.1) is 14.2 Å². The van der Waals surface area contributed by atoms with Crippen molar-refractivity contribution in [1.82, 2.24) is 4.90 Å². The Morgan fingerprint density at radius 3 is 2.07 bits per heavy atom. The Kier molecular flexibility index (Phi) is 5.33. The fourth-order valence-electron chi connectivity index (χ4n) is 4.43. The van der Waals surface area contributed by atoms with E-state index < -0.39 is 0 Å². The summed E-state index contributed by atoms with van der Waals surface area (Å²) < 4.78 is 13.1. The number of hydrogen-bond acceptors (Lipinski definition) is 3. The molecule has 2 aromatic carbocycles. The third-order valence-corrected chi connectivity index (χ3v) is 5.89. The minimum Gasteiger partial charge on any atom is -0.497 e. The molecule has 4 rings (SSSR count). The number of fused-ring (bicyclic) bond motifs is 1. The summed E-state index contributed by atoms with van der Waals surface area (Å²) in [5, 5.41) is 0. The lowest BCUT2D eigenvalue weighted by atomic mass is 9.90. The first-order valence-corrected chi connectivity index (χ1v) is 9.89. The summed E-state index contributed by atoms with van der Waals surface area (Å²) in [6, 6.07) is 18.2. The van der Waals surface area contributed by atoms with Crippen LogP contribution in [0.3, 0.4) is 0 Å². The van der Waals surface area contributed by atoms with Gasteiger partial charge in [0, 0.05) is 0 Å². The monoisotopic (exact) mass is 365 g/mol. The van der Waals surface area contributed by atoms with Crippen LogP contribution in [0.1, 0.15) is 36.8 Å². The SMILES string of the molecule is COc1ccc(CN2C=[N+](Cc3ccc(OC)cc3)C3CCCCC32)cc1. The first-order chi connectivity index (χ1) is 13.3. The first-order valence-electron chi connectivity index (χ1n) is 9.89. The van der Waals surface area contributed by atoms with Gasteiger partial charge in [-0.3, -0.25) is 9.48 Å². The van der Waals surface area contributed by atoms with Crippen LogP contribution in [0.4, 0.5) is 0 Å². The molecule has 2 atom stereocenters. The minimum absolute atomic E-state index is 0.624. The van der Waals surface area contributed by atoms with E-state index in [4.69, 9.17) is 9.47 Å². The molecule has 1 fully saturated rings. The maximum Gasteiger partial charge on any atom is 0.235 e. The lowest BCUT2D eigenvalue weighted by Crippen LogP contribution is -2.40. The number of methoxy groups -OCH3 is 2. The quantitative estimate of drug-likeness (QED) is 0.722. The van der Waals surface area contributed by atoms with E-state index in [1.54, 1.807) is 14.2 Å². The first kappa shape index (κ1) is 17.9. The van der Waals surface area contributed by atoms with Crippen LogP contribution in [-0.4, -0.2) is 42.1 Å². The van der Waals surface area contributed by atoms with Crippen LogP contribution >= 0.6 is 0 Å². The number of nitrogens with zero attached hydrogens (tertiary/aromatic N) is 2. The van der Waals surface area contributed by atoms with Gasteiger partial charge in [-0.25, -0.2) is 0 Å². The molecular formula is C23H29N2O2+. The van der Waals surface area contributed by atoms with E-state index in [1.165, 1.54) is 36.8 Å². The van der Waals surface area contributed by atoms with Crippen LogP contribution in [0.2, 0.25) is 0 Å². The summed E-state index contributed by atoms with van der Waals surface area (Å²) in [7, 11) is 3.43. The topological polar surface area (TPSA) is 24.7 Å². The average molecular weight is 365 g/mol. The highest BCUT2D eigenvalue weighted by Gasteiger charge is 2.42. The lowest BCUT2D eigenvalue weighted by molar-refractivity contribution is -0.573. The van der Waals surface area contributed by atoms with Gasteiger partial charge in [0.2, 0.25) is 6.34 Å². The van der Waals surface area contributed by atoms with Crippen molar-refractivity contribution in [1.29, 1.82) is 0 Å². The van der Waals surface area contributed by atoms with E-state index >= 15 is 0 Å². The van der Waals surface area contributed by atoms with E-state index in [-0.39, 0.29) is 0 Å². The van der Waals surface area contributed by atoms with Crippen LogP contribution in [0.5, 0.6) is 11.5 Å². The number of benzene rings is 2. The predicted molar refractivity (Wildman–Crippen MR) is 108 cm³/mol. The van der Waals surface area contributed by atoms with Crippen molar-refractivity contribution in [3.05, 3.63) is 59.7 Å². The Balaban J connectivity index is 1.51. The van der Waals surface area contributed by atoms with Gasteiger partial charge in [0.25, 0.3) is 0 Å². The zero-order valence-corrected chi connectivity index (χ0v) is 16.3. The van der Waals surface area contributed by atoms with E-state index in [0.717, 1.165) is 24.6 Å². The van der Waals surface area contributed by atoms with Gasteiger partial charge in [0.15, 0.2) is 0 Å². The molecule has 4 heteroatoms. The van der Waals surface area contributed by atoms with Crippen LogP contribution in [0.25, 0.3) is 0 Å². The third kappa shape index (κ3) is 3.95. The van der Waals surface area contributed by atoms with Crippen LogP contribution < -0.4 is 9.47 Å². The fraction of sp³-hybridized carbons (Fsp3) is 0.435. The molecule has 0 bridgehead atoms. The summed E-state index contributed by atoms with van der Waals surface area (Å²) in [4.78, 5) is 2.55. The summed E-state index contributed by atoms with van der Waals surface area (Å²) in [5.41, 5.74) is 2.67. The molecule has 0 N–H and O–H groups in total. The van der Waals surface area contributed by atoms with Gasteiger partial charge in [-0.1, -0.05) is 24.3 Å². The average Bonchev–Trinajstić information content (AvgIpc) is 3.06. The van der Waals surface area contributed by atoms with Gasteiger partial charge >= 0.3 is 0 Å². The highest BCUT2D eigenvalue weighted by atomic mass is 16.5. The van der Waals surface area contributed by atoms with Crippen molar-refractivity contribution >= 4 is 6.34 Å². The lowest BCUT2D eigenvalue weighted by Gasteiger charge is -2.27. The second kappa shape index (κ2) is 8.03. The molecule has 2 aliphatic rings. The molecule has 0 aromatic heterocycles. The molecule has 1 aliphatic carbocycles. The second-order valence-electron chi connectivity index (χ2n) is 7.58. The Bertz CT molecular complexity index is 783. The molecular weight excluding hydrogens is 336 g/mol. The summed E-state index contributed by atoms with van der Waals surface area (Å²) in [6.45, 7) is 1.93. The maximum atomic E-state index is 5.29. The summed E-state index contributed by atoms with van der Waals surface area (Å²) in [5.74, 6) is 1.83. The van der Waals surface area contributed by atoms with E-state index in [9.17, 15) is 0 Å².